The Labute approximate surface area is 241 Å². The molecule has 0 radical (unpaired) electrons. The van der Waals surface area contributed by atoms with E-state index in [9.17, 15) is 27.9 Å². The van der Waals surface area contributed by atoms with Gasteiger partial charge >= 0.3 is 18.1 Å². The number of esters is 1. The van der Waals surface area contributed by atoms with E-state index in [2.05, 4.69) is 16.6 Å². The number of ether oxygens (including phenoxy) is 2. The number of ketones is 1. The van der Waals surface area contributed by atoms with Crippen molar-refractivity contribution in [1.82, 2.24) is 0 Å². The maximum absolute atomic E-state index is 15.1. The molecule has 0 amide bonds. The average Bonchev–Trinajstić information content (AvgIpc) is 3.23. The van der Waals surface area contributed by atoms with Crippen molar-refractivity contribution in [2.75, 3.05) is 20.3 Å². The molecule has 0 heterocycles. The van der Waals surface area contributed by atoms with Gasteiger partial charge in [0.25, 0.3) is 0 Å². The molecule has 2 fully saturated rings. The highest BCUT2D eigenvalue weighted by Crippen LogP contribution is 2.70. The second-order valence-electron chi connectivity index (χ2n) is 12.0. The van der Waals surface area contributed by atoms with E-state index in [1.807, 2.05) is 0 Å². The van der Waals surface area contributed by atoms with Gasteiger partial charge in [0, 0.05) is 23.3 Å². The number of rotatable bonds is 5. The van der Waals surface area contributed by atoms with Crippen molar-refractivity contribution in [2.45, 2.75) is 75.5 Å². The van der Waals surface area contributed by atoms with Crippen LogP contribution in [-0.2, 0) is 19.1 Å². The summed E-state index contributed by atoms with van der Waals surface area (Å²) in [4.78, 5) is 23.3. The maximum atomic E-state index is 15.1. The number of alkyl halides is 5. The zero-order chi connectivity index (χ0) is 30.5. The average molecular weight is 593 g/mol. The molecular formula is C32H33F5O5. The molecule has 5 atom stereocenters. The maximum Gasteiger partial charge on any atom is 0.456 e. The Hall–Kier alpha value is -3.03. The summed E-state index contributed by atoms with van der Waals surface area (Å²) in [7, 11) is 1.25. The summed E-state index contributed by atoms with van der Waals surface area (Å²) in [6, 6.07) is 7.07. The van der Waals surface area contributed by atoms with Gasteiger partial charge in [-0.15, -0.1) is 0 Å². The van der Waals surface area contributed by atoms with Crippen molar-refractivity contribution in [3.05, 3.63) is 58.2 Å². The van der Waals surface area contributed by atoms with Gasteiger partial charge in [-0.2, -0.15) is 22.0 Å². The van der Waals surface area contributed by atoms with Crippen LogP contribution in [0.3, 0.4) is 0 Å². The van der Waals surface area contributed by atoms with Gasteiger partial charge in [0.2, 0.25) is 0 Å². The predicted octanol–water partition coefficient (Wildman–Crippen LogP) is 6.06. The Kier molecular flexibility index (Phi) is 7.90. The molecule has 5 nitrogen and oxygen atoms in total. The number of hydrogen-bond acceptors (Lipinski definition) is 5. The molecule has 5 rings (SSSR count). The summed E-state index contributed by atoms with van der Waals surface area (Å²) in [5.74, 6) is -1.40. The van der Waals surface area contributed by atoms with E-state index < -0.39 is 47.3 Å². The standard InChI is InChI=1S/C32H33F5O5/c1-29-17-25(20-7-5-19(6-8-20)4-3-15-42-18-27(39)41-2)28-23-12-10-22(38)16-21(23)9-11-24(28)26(29)13-14-30(29,40)31(33,34)32(35,36)37/h5-8,16,24-26,40H,9-15,17-18H2,1-2H3/t24-,25+,26-,29-,30-/m0/s1. The lowest BCUT2D eigenvalue weighted by atomic mass is 9.50. The number of allylic oxidation sites excluding steroid dienone is 4. The largest absolute Gasteiger partial charge is 0.467 e. The van der Waals surface area contributed by atoms with E-state index >= 15 is 8.78 Å². The topological polar surface area (TPSA) is 72.8 Å². The Morgan fingerprint density at radius 2 is 1.81 bits per heavy atom. The van der Waals surface area contributed by atoms with Gasteiger partial charge in [-0.3, -0.25) is 4.79 Å². The first-order chi connectivity index (χ1) is 19.7. The fourth-order valence-electron chi connectivity index (χ4n) is 7.90. The third-order valence-corrected chi connectivity index (χ3v) is 9.93. The molecule has 0 spiro atoms. The van der Waals surface area contributed by atoms with Gasteiger partial charge in [-0.25, -0.2) is 4.79 Å². The van der Waals surface area contributed by atoms with E-state index in [0.29, 0.717) is 31.2 Å². The summed E-state index contributed by atoms with van der Waals surface area (Å²) in [5.41, 5.74) is -0.632. The van der Waals surface area contributed by atoms with E-state index in [4.69, 9.17) is 4.74 Å². The molecule has 42 heavy (non-hydrogen) atoms. The number of aliphatic hydroxyl groups is 1. The summed E-state index contributed by atoms with van der Waals surface area (Å²) in [6.07, 6.45) is -2.98. The van der Waals surface area contributed by atoms with Crippen LogP contribution >= 0.6 is 0 Å². The Bertz CT molecular complexity index is 1380. The van der Waals surface area contributed by atoms with Gasteiger partial charge in [-0.1, -0.05) is 36.5 Å². The summed E-state index contributed by atoms with van der Waals surface area (Å²) in [6.45, 7) is 1.17. The second kappa shape index (κ2) is 10.9. The zero-order valence-corrected chi connectivity index (χ0v) is 23.5. The summed E-state index contributed by atoms with van der Waals surface area (Å²) >= 11 is 0. The van der Waals surface area contributed by atoms with Crippen molar-refractivity contribution in [1.29, 1.82) is 0 Å². The van der Waals surface area contributed by atoms with Gasteiger partial charge in [0.05, 0.1) is 7.11 Å². The third kappa shape index (κ3) is 4.88. The van der Waals surface area contributed by atoms with Gasteiger partial charge in [0.1, 0.15) is 18.8 Å². The van der Waals surface area contributed by atoms with E-state index in [-0.39, 0.29) is 37.8 Å². The van der Waals surface area contributed by atoms with Crippen LogP contribution in [0.2, 0.25) is 0 Å². The highest BCUT2D eigenvalue weighted by molar-refractivity contribution is 5.93. The number of benzene rings is 1. The minimum absolute atomic E-state index is 0.00300. The van der Waals surface area contributed by atoms with Crippen molar-refractivity contribution >= 4 is 11.8 Å². The second-order valence-corrected chi connectivity index (χ2v) is 12.0. The van der Waals surface area contributed by atoms with Crippen molar-refractivity contribution in [3.8, 4) is 11.8 Å². The van der Waals surface area contributed by atoms with Gasteiger partial charge in [-0.05, 0) is 85.3 Å². The molecule has 0 bridgehead atoms. The number of hydrogen-bond donors (Lipinski definition) is 1. The quantitative estimate of drug-likeness (QED) is 0.195. The van der Waals surface area contributed by atoms with Crippen LogP contribution in [0.15, 0.2) is 47.1 Å². The number of halogens is 5. The minimum atomic E-state index is -5.89. The summed E-state index contributed by atoms with van der Waals surface area (Å²) < 4.78 is 81.0. The van der Waals surface area contributed by atoms with E-state index in [1.165, 1.54) is 14.0 Å². The first-order valence-corrected chi connectivity index (χ1v) is 14.1. The normalized spacial score (nSPS) is 30.9. The lowest BCUT2D eigenvalue weighted by molar-refractivity contribution is -0.362. The molecule has 1 aromatic rings. The van der Waals surface area contributed by atoms with Crippen LogP contribution in [0.25, 0.3) is 0 Å². The SMILES string of the molecule is COC(=O)COCC#Cc1ccc([C@H]2C[C@@]3(C)[C@@H](CC[C@@]3(O)C(F)(F)C(F)(F)F)[C@@H]3CCC4=CC(=O)CCC4=C32)cc1. The smallest absolute Gasteiger partial charge is 0.456 e. The van der Waals surface area contributed by atoms with Crippen molar-refractivity contribution in [3.63, 3.8) is 0 Å². The minimum Gasteiger partial charge on any atom is -0.467 e. The fraction of sp³-hybridized carbons (Fsp3) is 0.562. The lowest BCUT2D eigenvalue weighted by Crippen LogP contribution is -2.65. The Balaban J connectivity index is 1.53. The molecule has 0 aliphatic heterocycles. The van der Waals surface area contributed by atoms with Gasteiger partial charge < -0.3 is 14.6 Å². The Morgan fingerprint density at radius 3 is 2.48 bits per heavy atom. The first-order valence-electron chi connectivity index (χ1n) is 14.1. The molecule has 2 saturated carbocycles. The van der Waals surface area contributed by atoms with Crippen LogP contribution in [0, 0.1) is 29.1 Å². The molecule has 4 aliphatic rings. The number of carbonyl (C=O) groups is 2. The highest BCUT2D eigenvalue weighted by Gasteiger charge is 2.79. The summed E-state index contributed by atoms with van der Waals surface area (Å²) in [5, 5.41) is 11.4. The number of carbonyl (C=O) groups excluding carboxylic acids is 2. The van der Waals surface area contributed by atoms with Crippen molar-refractivity contribution < 1.29 is 46.1 Å². The molecule has 0 saturated heterocycles. The highest BCUT2D eigenvalue weighted by atomic mass is 19.4. The first kappa shape index (κ1) is 30.4. The molecule has 0 aromatic heterocycles. The Morgan fingerprint density at radius 1 is 1.10 bits per heavy atom. The zero-order valence-electron chi connectivity index (χ0n) is 23.5. The molecule has 1 N–H and O–H groups in total. The van der Waals surface area contributed by atoms with Crippen LogP contribution < -0.4 is 0 Å². The third-order valence-electron chi connectivity index (χ3n) is 9.93. The van der Waals surface area contributed by atoms with Crippen LogP contribution in [0.1, 0.15) is 68.9 Å². The predicted molar refractivity (Wildman–Crippen MR) is 142 cm³/mol. The molecule has 10 heteroatoms. The number of methoxy groups -OCH3 is 1. The molecule has 4 aliphatic carbocycles. The monoisotopic (exact) mass is 592 g/mol. The molecule has 0 unspecified atom stereocenters. The van der Waals surface area contributed by atoms with Gasteiger partial charge in [0.15, 0.2) is 5.78 Å². The molecule has 1 aromatic carbocycles. The van der Waals surface area contributed by atoms with Crippen LogP contribution in [-0.4, -0.2) is 54.9 Å². The lowest BCUT2D eigenvalue weighted by Gasteiger charge is -2.56. The van der Waals surface area contributed by atoms with E-state index in [0.717, 1.165) is 22.3 Å². The van der Waals surface area contributed by atoms with Crippen molar-refractivity contribution in [2.24, 2.45) is 17.3 Å². The molecular weight excluding hydrogens is 559 g/mol. The van der Waals surface area contributed by atoms with E-state index in [1.54, 1.807) is 30.3 Å². The van der Waals surface area contributed by atoms with Crippen LogP contribution in [0.4, 0.5) is 22.0 Å². The fourth-order valence-corrected chi connectivity index (χ4v) is 7.90. The molecule has 226 valence electrons. The number of fused-ring (bicyclic) bond motifs is 4. The van der Waals surface area contributed by atoms with Crippen LogP contribution in [0.5, 0.6) is 0 Å².